The summed E-state index contributed by atoms with van der Waals surface area (Å²) in [6.07, 6.45) is 5.08. The average molecular weight is 317 g/mol. The van der Waals surface area contributed by atoms with Gasteiger partial charge in [0.2, 0.25) is 0 Å². The molecule has 0 radical (unpaired) electrons. The number of aryl methyl sites for hydroxylation is 2. The average Bonchev–Trinajstić information content (AvgIpc) is 3.09. The summed E-state index contributed by atoms with van der Waals surface area (Å²) in [7, 11) is 0. The Labute approximate surface area is 122 Å². The van der Waals surface area contributed by atoms with Gasteiger partial charge in [-0.2, -0.15) is 0 Å². The number of benzene rings is 2. The van der Waals surface area contributed by atoms with Gasteiger partial charge in [0.1, 0.15) is 0 Å². The van der Waals surface area contributed by atoms with Crippen molar-refractivity contribution >= 4 is 26.7 Å². The predicted molar refractivity (Wildman–Crippen MR) is 82.0 cm³/mol. The van der Waals surface area contributed by atoms with Crippen molar-refractivity contribution in [1.82, 2.24) is 0 Å². The molecule has 1 saturated heterocycles. The van der Waals surface area contributed by atoms with Crippen molar-refractivity contribution < 1.29 is 4.74 Å². The second-order valence-electron chi connectivity index (χ2n) is 5.61. The Morgan fingerprint density at radius 2 is 1.95 bits per heavy atom. The van der Waals surface area contributed by atoms with E-state index in [9.17, 15) is 0 Å². The molecule has 0 aromatic heterocycles. The first-order chi connectivity index (χ1) is 9.34. The van der Waals surface area contributed by atoms with E-state index in [1.165, 1.54) is 53.1 Å². The molecule has 0 spiro atoms. The lowest BCUT2D eigenvalue weighted by molar-refractivity contribution is 0.111. The molecule has 2 aromatic carbocycles. The monoisotopic (exact) mass is 316 g/mol. The number of hydrogen-bond acceptors (Lipinski definition) is 1. The maximum atomic E-state index is 5.85. The molecular weight excluding hydrogens is 300 g/mol. The second-order valence-corrected chi connectivity index (χ2v) is 6.59. The highest BCUT2D eigenvalue weighted by molar-refractivity contribution is 9.09. The largest absolute Gasteiger partial charge is 0.377 e. The summed E-state index contributed by atoms with van der Waals surface area (Å²) in [4.78, 5) is 0.319. The van der Waals surface area contributed by atoms with Gasteiger partial charge in [-0.3, -0.25) is 0 Å². The molecule has 19 heavy (non-hydrogen) atoms. The molecule has 0 amide bonds. The molecule has 2 unspecified atom stereocenters. The second kappa shape index (κ2) is 4.60. The summed E-state index contributed by atoms with van der Waals surface area (Å²) in [6.45, 7) is 0.911. The van der Waals surface area contributed by atoms with Crippen molar-refractivity contribution in [2.45, 2.75) is 36.6 Å². The van der Waals surface area contributed by atoms with Crippen molar-refractivity contribution in [1.29, 1.82) is 0 Å². The summed E-state index contributed by atoms with van der Waals surface area (Å²) in [6, 6.07) is 11.4. The van der Waals surface area contributed by atoms with Crippen LogP contribution in [0.15, 0.2) is 30.3 Å². The molecule has 1 nitrogen and oxygen atoms in total. The lowest BCUT2D eigenvalue weighted by Gasteiger charge is -2.19. The normalized spacial score (nSPS) is 23.1. The highest BCUT2D eigenvalue weighted by atomic mass is 79.9. The quantitative estimate of drug-likeness (QED) is 0.738. The van der Waals surface area contributed by atoms with Gasteiger partial charge in [0, 0.05) is 6.61 Å². The molecule has 2 aromatic rings. The highest BCUT2D eigenvalue weighted by Crippen LogP contribution is 2.41. The van der Waals surface area contributed by atoms with Crippen LogP contribution in [-0.2, 0) is 17.6 Å². The summed E-state index contributed by atoms with van der Waals surface area (Å²) in [5, 5.41) is 2.92. The van der Waals surface area contributed by atoms with Gasteiger partial charge in [0.25, 0.3) is 0 Å². The van der Waals surface area contributed by atoms with Crippen LogP contribution in [0.25, 0.3) is 10.8 Å². The standard InChI is InChI=1S/C17H17BrO/c18-17(15-5-2-10-19-15)14-9-8-12-7-6-11-3-1-4-13(14)16(11)12/h1,3-4,8-9,15,17H,2,5-7,10H2. The maximum absolute atomic E-state index is 5.85. The van der Waals surface area contributed by atoms with Gasteiger partial charge < -0.3 is 4.74 Å². The van der Waals surface area contributed by atoms with Gasteiger partial charge in [0.15, 0.2) is 0 Å². The minimum Gasteiger partial charge on any atom is -0.377 e. The Kier molecular flexibility index (Phi) is 2.89. The van der Waals surface area contributed by atoms with Crippen molar-refractivity contribution in [3.63, 3.8) is 0 Å². The van der Waals surface area contributed by atoms with Crippen LogP contribution in [0.2, 0.25) is 0 Å². The smallest absolute Gasteiger partial charge is 0.0742 e. The first-order valence-corrected chi connectivity index (χ1v) is 8.05. The zero-order chi connectivity index (χ0) is 12.8. The number of alkyl halides is 1. The van der Waals surface area contributed by atoms with Crippen molar-refractivity contribution in [3.05, 3.63) is 47.0 Å². The van der Waals surface area contributed by atoms with Crippen molar-refractivity contribution in [3.8, 4) is 0 Å². The fourth-order valence-corrected chi connectivity index (χ4v) is 4.36. The van der Waals surface area contributed by atoms with E-state index in [-0.39, 0.29) is 0 Å². The number of halogens is 1. The molecule has 1 heterocycles. The van der Waals surface area contributed by atoms with Crippen LogP contribution < -0.4 is 0 Å². The van der Waals surface area contributed by atoms with E-state index >= 15 is 0 Å². The number of hydrogen-bond donors (Lipinski definition) is 0. The topological polar surface area (TPSA) is 9.23 Å². The van der Waals surface area contributed by atoms with Gasteiger partial charge in [-0.1, -0.05) is 46.3 Å². The van der Waals surface area contributed by atoms with Crippen LogP contribution in [0.1, 0.15) is 34.4 Å². The minimum absolute atomic E-state index is 0.319. The van der Waals surface area contributed by atoms with E-state index in [4.69, 9.17) is 4.74 Å². The van der Waals surface area contributed by atoms with E-state index in [1.54, 1.807) is 0 Å². The zero-order valence-corrected chi connectivity index (χ0v) is 12.4. The van der Waals surface area contributed by atoms with Crippen LogP contribution in [0.3, 0.4) is 0 Å². The van der Waals surface area contributed by atoms with E-state index in [1.807, 2.05) is 0 Å². The van der Waals surface area contributed by atoms with Gasteiger partial charge in [-0.05, 0) is 53.1 Å². The van der Waals surface area contributed by atoms with Gasteiger partial charge in [-0.15, -0.1) is 0 Å². The SMILES string of the molecule is BrC(c1ccc2c3c(cccc13)CC2)C1CCCO1. The third kappa shape index (κ3) is 1.85. The van der Waals surface area contributed by atoms with Gasteiger partial charge >= 0.3 is 0 Å². The summed E-state index contributed by atoms with van der Waals surface area (Å²) in [5.41, 5.74) is 4.43. The molecule has 0 bridgehead atoms. The van der Waals surface area contributed by atoms with E-state index in [0.29, 0.717) is 10.9 Å². The van der Waals surface area contributed by atoms with Crippen LogP contribution in [0.4, 0.5) is 0 Å². The molecule has 98 valence electrons. The number of ether oxygens (including phenoxy) is 1. The summed E-state index contributed by atoms with van der Waals surface area (Å²) in [5.74, 6) is 0. The Hall–Kier alpha value is -0.860. The van der Waals surface area contributed by atoms with Crippen molar-refractivity contribution in [2.75, 3.05) is 6.61 Å². The Morgan fingerprint density at radius 1 is 1.11 bits per heavy atom. The van der Waals surface area contributed by atoms with E-state index in [2.05, 4.69) is 46.3 Å². The van der Waals surface area contributed by atoms with E-state index in [0.717, 1.165) is 6.61 Å². The minimum atomic E-state index is 0.319. The molecule has 4 rings (SSSR count). The fourth-order valence-electron chi connectivity index (χ4n) is 3.54. The molecule has 0 saturated carbocycles. The Morgan fingerprint density at radius 3 is 2.74 bits per heavy atom. The highest BCUT2D eigenvalue weighted by Gasteiger charge is 2.27. The first kappa shape index (κ1) is 11.9. The third-order valence-electron chi connectivity index (χ3n) is 4.50. The lowest BCUT2D eigenvalue weighted by Crippen LogP contribution is -2.12. The first-order valence-electron chi connectivity index (χ1n) is 7.13. The molecule has 2 atom stereocenters. The van der Waals surface area contributed by atoms with Crippen LogP contribution in [0.5, 0.6) is 0 Å². The van der Waals surface area contributed by atoms with Crippen molar-refractivity contribution in [2.24, 2.45) is 0 Å². The molecule has 2 heteroatoms. The fraction of sp³-hybridized carbons (Fsp3) is 0.412. The predicted octanol–water partition coefficient (Wildman–Crippen LogP) is 4.55. The Bertz CT molecular complexity index is 618. The summed E-state index contributed by atoms with van der Waals surface area (Å²) < 4.78 is 5.85. The lowest BCUT2D eigenvalue weighted by atomic mass is 9.96. The van der Waals surface area contributed by atoms with Crippen LogP contribution in [-0.4, -0.2) is 12.7 Å². The Balaban J connectivity index is 1.87. The molecule has 1 aliphatic carbocycles. The van der Waals surface area contributed by atoms with Gasteiger partial charge in [0.05, 0.1) is 10.9 Å². The van der Waals surface area contributed by atoms with E-state index < -0.39 is 0 Å². The summed E-state index contributed by atoms with van der Waals surface area (Å²) >= 11 is 3.88. The maximum Gasteiger partial charge on any atom is 0.0742 e. The molecule has 1 aliphatic heterocycles. The molecule has 1 fully saturated rings. The zero-order valence-electron chi connectivity index (χ0n) is 10.9. The molecular formula is C17H17BrO. The third-order valence-corrected chi connectivity index (χ3v) is 5.58. The van der Waals surface area contributed by atoms with Gasteiger partial charge in [-0.25, -0.2) is 0 Å². The molecule has 0 N–H and O–H groups in total. The van der Waals surface area contributed by atoms with Crippen LogP contribution >= 0.6 is 15.9 Å². The van der Waals surface area contributed by atoms with Crippen LogP contribution in [0, 0.1) is 0 Å². The number of rotatable bonds is 2. The molecule has 2 aliphatic rings.